The number of ether oxygens (including phenoxy) is 1. The quantitative estimate of drug-likeness (QED) is 0.313. The van der Waals surface area contributed by atoms with E-state index in [-0.39, 0.29) is 12.6 Å². The van der Waals surface area contributed by atoms with E-state index >= 15 is 0 Å². The van der Waals surface area contributed by atoms with Gasteiger partial charge in [-0.2, -0.15) is 0 Å². The standard InChI is InChI=1S/C15H16O2.C4H6/c1-3-12-17-15(16)13(2)8-7-11-14-9-5-4-6-10-14;1-3-4-2/h3-7,9-11H,1-2,8,12H2;3-4H,1-2H2. The summed E-state index contributed by atoms with van der Waals surface area (Å²) in [4.78, 5) is 11.3. The van der Waals surface area contributed by atoms with E-state index in [1.165, 1.54) is 6.08 Å². The number of benzene rings is 1. The molecule has 1 aromatic carbocycles. The minimum atomic E-state index is -0.373. The second kappa shape index (κ2) is 12.4. The molecule has 0 spiro atoms. The lowest BCUT2D eigenvalue weighted by Crippen LogP contribution is -2.06. The number of carbonyl (C=O) groups is 1. The molecule has 0 aliphatic heterocycles. The SMILES string of the molecule is C=CC=C.C=CCOC(=O)C(=C)CC=Cc1ccccc1. The van der Waals surface area contributed by atoms with Crippen molar-refractivity contribution in [1.29, 1.82) is 0 Å². The first kappa shape index (κ1) is 18.4. The van der Waals surface area contributed by atoms with Crippen LogP contribution in [0, 0.1) is 0 Å². The van der Waals surface area contributed by atoms with Crippen molar-refractivity contribution in [3.63, 3.8) is 0 Å². The molecule has 2 nitrogen and oxygen atoms in total. The van der Waals surface area contributed by atoms with E-state index in [0.29, 0.717) is 12.0 Å². The van der Waals surface area contributed by atoms with Gasteiger partial charge >= 0.3 is 5.97 Å². The largest absolute Gasteiger partial charge is 0.458 e. The maximum Gasteiger partial charge on any atom is 0.334 e. The summed E-state index contributed by atoms with van der Waals surface area (Å²) in [6.45, 7) is 14.1. The number of hydrogen-bond donors (Lipinski definition) is 0. The zero-order valence-electron chi connectivity index (χ0n) is 12.3. The second-order valence-electron chi connectivity index (χ2n) is 3.98. The van der Waals surface area contributed by atoms with Crippen LogP contribution in [0.4, 0.5) is 0 Å². The van der Waals surface area contributed by atoms with Gasteiger partial charge in [0.1, 0.15) is 6.61 Å². The summed E-state index contributed by atoms with van der Waals surface area (Å²) in [5, 5.41) is 0. The zero-order valence-corrected chi connectivity index (χ0v) is 12.3. The molecule has 0 amide bonds. The first-order valence-corrected chi connectivity index (χ1v) is 6.56. The first-order valence-electron chi connectivity index (χ1n) is 6.56. The average molecular weight is 282 g/mol. The highest BCUT2D eigenvalue weighted by atomic mass is 16.5. The van der Waals surface area contributed by atoms with Gasteiger partial charge in [-0.25, -0.2) is 4.79 Å². The van der Waals surface area contributed by atoms with Crippen molar-refractivity contribution in [2.45, 2.75) is 6.42 Å². The molecule has 1 rings (SSSR count). The molecule has 0 bridgehead atoms. The van der Waals surface area contributed by atoms with E-state index in [0.717, 1.165) is 5.56 Å². The van der Waals surface area contributed by atoms with Gasteiger partial charge < -0.3 is 4.74 Å². The summed E-state index contributed by atoms with van der Waals surface area (Å²) in [5.41, 5.74) is 1.54. The van der Waals surface area contributed by atoms with E-state index in [1.54, 1.807) is 12.2 Å². The number of carbonyl (C=O) groups excluding carboxylic acids is 1. The van der Waals surface area contributed by atoms with Gasteiger partial charge in [0, 0.05) is 5.57 Å². The fourth-order valence-electron chi connectivity index (χ4n) is 1.22. The maximum absolute atomic E-state index is 11.3. The molecular weight excluding hydrogens is 260 g/mol. The van der Waals surface area contributed by atoms with Crippen molar-refractivity contribution in [3.8, 4) is 0 Å². The Balaban J connectivity index is 0.000000885. The molecule has 2 heteroatoms. The molecular formula is C19H22O2. The fraction of sp³-hybridized carbons (Fsp3) is 0.105. The summed E-state index contributed by atoms with van der Waals surface area (Å²) in [6, 6.07) is 9.88. The summed E-state index contributed by atoms with van der Waals surface area (Å²) < 4.78 is 4.87. The molecule has 21 heavy (non-hydrogen) atoms. The number of hydrogen-bond acceptors (Lipinski definition) is 2. The van der Waals surface area contributed by atoms with E-state index in [9.17, 15) is 4.79 Å². The predicted octanol–water partition coefficient (Wildman–Crippen LogP) is 4.73. The van der Waals surface area contributed by atoms with E-state index in [1.807, 2.05) is 42.5 Å². The number of rotatable bonds is 7. The molecule has 0 saturated heterocycles. The third kappa shape index (κ3) is 9.91. The van der Waals surface area contributed by atoms with Crippen LogP contribution in [0.1, 0.15) is 12.0 Å². The minimum absolute atomic E-state index is 0.222. The molecule has 0 saturated carbocycles. The minimum Gasteiger partial charge on any atom is -0.458 e. The molecule has 0 atom stereocenters. The lowest BCUT2D eigenvalue weighted by Gasteiger charge is -2.02. The third-order valence-electron chi connectivity index (χ3n) is 2.26. The van der Waals surface area contributed by atoms with Gasteiger partial charge in [0.15, 0.2) is 0 Å². The van der Waals surface area contributed by atoms with Crippen LogP contribution in [0.3, 0.4) is 0 Å². The van der Waals surface area contributed by atoms with Crippen molar-refractivity contribution >= 4 is 12.0 Å². The highest BCUT2D eigenvalue weighted by Crippen LogP contribution is 2.06. The average Bonchev–Trinajstić information content (AvgIpc) is 2.53. The van der Waals surface area contributed by atoms with Crippen molar-refractivity contribution in [2.75, 3.05) is 6.61 Å². The summed E-state index contributed by atoms with van der Waals surface area (Å²) in [6.07, 6.45) is 9.15. The monoisotopic (exact) mass is 282 g/mol. The smallest absolute Gasteiger partial charge is 0.334 e. The van der Waals surface area contributed by atoms with Crippen LogP contribution in [0.5, 0.6) is 0 Å². The molecule has 0 radical (unpaired) electrons. The molecule has 110 valence electrons. The summed E-state index contributed by atoms with van der Waals surface area (Å²) in [5.74, 6) is -0.373. The molecule has 0 heterocycles. The Kier molecular flexibility index (Phi) is 10.9. The van der Waals surface area contributed by atoms with Crippen LogP contribution in [0.25, 0.3) is 6.08 Å². The van der Waals surface area contributed by atoms with Crippen LogP contribution < -0.4 is 0 Å². The maximum atomic E-state index is 11.3. The fourth-order valence-corrected chi connectivity index (χ4v) is 1.22. The highest BCUT2D eigenvalue weighted by Gasteiger charge is 2.04. The zero-order chi connectivity index (χ0) is 15.9. The lowest BCUT2D eigenvalue weighted by atomic mass is 10.1. The second-order valence-corrected chi connectivity index (χ2v) is 3.98. The first-order chi connectivity index (χ1) is 10.2. The van der Waals surface area contributed by atoms with Gasteiger partial charge in [-0.3, -0.25) is 0 Å². The van der Waals surface area contributed by atoms with E-state index in [2.05, 4.69) is 26.3 Å². The molecule has 0 aliphatic rings. The Morgan fingerprint density at radius 3 is 2.24 bits per heavy atom. The molecule has 0 N–H and O–H groups in total. The van der Waals surface area contributed by atoms with Crippen LogP contribution in [-0.2, 0) is 9.53 Å². The van der Waals surface area contributed by atoms with Crippen LogP contribution in [0.15, 0.2) is 86.5 Å². The van der Waals surface area contributed by atoms with Gasteiger partial charge in [0.25, 0.3) is 0 Å². The van der Waals surface area contributed by atoms with Gasteiger partial charge in [-0.1, -0.05) is 87.0 Å². The number of esters is 1. The molecule has 0 fully saturated rings. The predicted molar refractivity (Wildman–Crippen MR) is 90.8 cm³/mol. The number of allylic oxidation sites excluding steroid dienone is 3. The van der Waals surface area contributed by atoms with Gasteiger partial charge in [-0.15, -0.1) is 0 Å². The topological polar surface area (TPSA) is 26.3 Å². The van der Waals surface area contributed by atoms with Gasteiger partial charge in [0.2, 0.25) is 0 Å². The Labute approximate surface area is 127 Å². The van der Waals surface area contributed by atoms with Gasteiger partial charge in [-0.05, 0) is 12.0 Å². The van der Waals surface area contributed by atoms with Gasteiger partial charge in [0.05, 0.1) is 0 Å². The van der Waals surface area contributed by atoms with Crippen molar-refractivity contribution in [1.82, 2.24) is 0 Å². The highest BCUT2D eigenvalue weighted by molar-refractivity contribution is 5.88. The third-order valence-corrected chi connectivity index (χ3v) is 2.26. The Hall–Kier alpha value is -2.61. The van der Waals surface area contributed by atoms with Crippen molar-refractivity contribution in [2.24, 2.45) is 0 Å². The Bertz CT molecular complexity index is 490. The van der Waals surface area contributed by atoms with Crippen molar-refractivity contribution < 1.29 is 9.53 Å². The van der Waals surface area contributed by atoms with E-state index < -0.39 is 0 Å². The van der Waals surface area contributed by atoms with Crippen LogP contribution >= 0.6 is 0 Å². The molecule has 0 aliphatic carbocycles. The molecule has 0 aromatic heterocycles. The van der Waals surface area contributed by atoms with Crippen LogP contribution in [0.2, 0.25) is 0 Å². The van der Waals surface area contributed by atoms with Crippen LogP contribution in [-0.4, -0.2) is 12.6 Å². The lowest BCUT2D eigenvalue weighted by molar-refractivity contribution is -0.137. The normalized spacial score (nSPS) is 9.14. The molecule has 0 unspecified atom stereocenters. The van der Waals surface area contributed by atoms with Crippen molar-refractivity contribution in [3.05, 3.63) is 92.1 Å². The Morgan fingerprint density at radius 2 is 1.71 bits per heavy atom. The summed E-state index contributed by atoms with van der Waals surface area (Å²) >= 11 is 0. The molecule has 1 aromatic rings. The Morgan fingerprint density at radius 1 is 1.10 bits per heavy atom. The summed E-state index contributed by atoms with van der Waals surface area (Å²) in [7, 11) is 0. The van der Waals surface area contributed by atoms with E-state index in [4.69, 9.17) is 4.74 Å².